The van der Waals surface area contributed by atoms with Crippen molar-refractivity contribution in [2.75, 3.05) is 0 Å². The third-order valence-corrected chi connectivity index (χ3v) is 9.48. The fraction of sp³-hybridized carbons (Fsp3) is 0. The third-order valence-electron chi connectivity index (χ3n) is 9.48. The average Bonchev–Trinajstić information content (AvgIpc) is 3.80. The predicted molar refractivity (Wildman–Crippen MR) is 195 cm³/mol. The molecular weight excluding hydrogens is 573 g/mol. The lowest BCUT2D eigenvalue weighted by Crippen LogP contribution is -1.96. The maximum absolute atomic E-state index is 4.64. The molecule has 0 aliphatic carbocycles. The molecule has 4 aromatic heterocycles. The van der Waals surface area contributed by atoms with E-state index in [-0.39, 0.29) is 0 Å². The number of para-hydroxylation sites is 3. The van der Waals surface area contributed by atoms with Gasteiger partial charge in [0.05, 0.1) is 33.3 Å². The molecule has 0 bridgehead atoms. The van der Waals surface area contributed by atoms with Gasteiger partial charge in [0, 0.05) is 62.0 Å². The van der Waals surface area contributed by atoms with E-state index in [2.05, 4.69) is 170 Å². The highest BCUT2D eigenvalue weighted by atomic mass is 15.0. The van der Waals surface area contributed by atoms with E-state index in [0.717, 1.165) is 28.3 Å². The van der Waals surface area contributed by atoms with E-state index in [1.165, 1.54) is 54.5 Å². The molecule has 0 saturated heterocycles. The number of nitrogens with zero attached hydrogens (tertiary/aromatic N) is 4. The maximum atomic E-state index is 4.64. The van der Waals surface area contributed by atoms with Crippen LogP contribution in [0.1, 0.15) is 0 Å². The van der Waals surface area contributed by atoms with Gasteiger partial charge < -0.3 is 13.7 Å². The molecule has 0 aliphatic heterocycles. The molecule has 0 radical (unpaired) electrons. The molecule has 47 heavy (non-hydrogen) atoms. The molecule has 6 aromatic carbocycles. The zero-order chi connectivity index (χ0) is 30.9. The summed E-state index contributed by atoms with van der Waals surface area (Å²) < 4.78 is 7.12. The first-order valence-electron chi connectivity index (χ1n) is 16.0. The van der Waals surface area contributed by atoms with Crippen molar-refractivity contribution >= 4 is 54.5 Å². The first-order valence-corrected chi connectivity index (χ1v) is 16.0. The Morgan fingerprint density at radius 1 is 0.383 bits per heavy atom. The highest BCUT2D eigenvalue weighted by Crippen LogP contribution is 2.41. The predicted octanol–water partition coefficient (Wildman–Crippen LogP) is 10.9. The largest absolute Gasteiger partial charge is 0.316 e. The molecule has 0 unspecified atom stereocenters. The fourth-order valence-electron chi connectivity index (χ4n) is 7.39. The summed E-state index contributed by atoms with van der Waals surface area (Å²) in [7, 11) is 0. The van der Waals surface area contributed by atoms with Crippen LogP contribution in [0.15, 0.2) is 170 Å². The van der Waals surface area contributed by atoms with Crippen molar-refractivity contribution in [2.45, 2.75) is 0 Å². The van der Waals surface area contributed by atoms with Crippen molar-refractivity contribution < 1.29 is 0 Å². The minimum absolute atomic E-state index is 0.966. The van der Waals surface area contributed by atoms with Gasteiger partial charge in [0.1, 0.15) is 0 Å². The second-order valence-corrected chi connectivity index (χ2v) is 12.1. The first kappa shape index (κ1) is 25.9. The zero-order valence-corrected chi connectivity index (χ0v) is 25.5. The Labute approximate surface area is 271 Å². The summed E-state index contributed by atoms with van der Waals surface area (Å²) in [6.45, 7) is 0. The summed E-state index contributed by atoms with van der Waals surface area (Å²) >= 11 is 0. The molecule has 0 atom stereocenters. The average molecular weight is 601 g/mol. The molecule has 0 amide bonds. The van der Waals surface area contributed by atoms with Crippen molar-refractivity contribution in [2.24, 2.45) is 0 Å². The Kier molecular flexibility index (Phi) is 5.54. The molecular formula is C43H28N4. The van der Waals surface area contributed by atoms with Crippen LogP contribution in [0.4, 0.5) is 0 Å². The first-order chi connectivity index (χ1) is 23.3. The van der Waals surface area contributed by atoms with Crippen molar-refractivity contribution in [3.05, 3.63) is 170 Å². The van der Waals surface area contributed by atoms with Crippen LogP contribution in [-0.2, 0) is 0 Å². The molecule has 0 fully saturated rings. The number of rotatable bonds is 4. The fourth-order valence-corrected chi connectivity index (χ4v) is 7.39. The van der Waals surface area contributed by atoms with Crippen LogP contribution < -0.4 is 0 Å². The summed E-state index contributed by atoms with van der Waals surface area (Å²) in [6, 6.07) is 56.6. The summed E-state index contributed by atoms with van der Waals surface area (Å²) in [5.74, 6) is 0. The van der Waals surface area contributed by atoms with Crippen molar-refractivity contribution in [3.63, 3.8) is 0 Å². The van der Waals surface area contributed by atoms with Gasteiger partial charge >= 0.3 is 0 Å². The minimum atomic E-state index is 0.966. The topological polar surface area (TPSA) is 27.7 Å². The van der Waals surface area contributed by atoms with Crippen molar-refractivity contribution in [3.8, 4) is 28.3 Å². The number of benzene rings is 6. The van der Waals surface area contributed by atoms with Gasteiger partial charge in [0.2, 0.25) is 0 Å². The summed E-state index contributed by atoms with van der Waals surface area (Å²) in [4.78, 5) is 4.64. The number of hydrogen-bond donors (Lipinski definition) is 0. The summed E-state index contributed by atoms with van der Waals surface area (Å²) in [6.07, 6.45) is 4.03. The van der Waals surface area contributed by atoms with Crippen LogP contribution in [0.25, 0.3) is 82.8 Å². The maximum Gasteiger partial charge on any atom is 0.0702 e. The van der Waals surface area contributed by atoms with E-state index < -0.39 is 0 Å². The van der Waals surface area contributed by atoms with E-state index in [4.69, 9.17) is 0 Å². The highest BCUT2D eigenvalue weighted by Gasteiger charge is 2.20. The normalized spacial score (nSPS) is 11.8. The second-order valence-electron chi connectivity index (χ2n) is 12.1. The molecule has 4 nitrogen and oxygen atoms in total. The quantitative estimate of drug-likeness (QED) is 0.197. The lowest BCUT2D eigenvalue weighted by molar-refractivity contribution is 1.12. The lowest BCUT2D eigenvalue weighted by Gasteiger charge is -2.11. The molecule has 220 valence electrons. The van der Waals surface area contributed by atoms with Crippen molar-refractivity contribution in [1.29, 1.82) is 0 Å². The Morgan fingerprint density at radius 3 is 1.81 bits per heavy atom. The molecule has 0 aliphatic rings. The zero-order valence-electron chi connectivity index (χ0n) is 25.5. The monoisotopic (exact) mass is 600 g/mol. The van der Waals surface area contributed by atoms with Crippen LogP contribution in [0.2, 0.25) is 0 Å². The number of aromatic nitrogens is 4. The Morgan fingerprint density at radius 2 is 1.02 bits per heavy atom. The third kappa shape index (κ3) is 3.92. The molecule has 10 rings (SSSR count). The molecule has 0 saturated carbocycles. The van der Waals surface area contributed by atoms with Crippen molar-refractivity contribution in [1.82, 2.24) is 18.7 Å². The van der Waals surface area contributed by atoms with E-state index >= 15 is 0 Å². The Bertz CT molecular complexity index is 2770. The lowest BCUT2D eigenvalue weighted by atomic mass is 10.1. The summed E-state index contributed by atoms with van der Waals surface area (Å²) in [5, 5.41) is 6.20. The Balaban J connectivity index is 1.31. The van der Waals surface area contributed by atoms with Gasteiger partial charge in [-0.1, -0.05) is 72.8 Å². The van der Waals surface area contributed by atoms with E-state index in [1.807, 2.05) is 18.3 Å². The number of pyridine rings is 1. The van der Waals surface area contributed by atoms with Crippen LogP contribution in [-0.4, -0.2) is 18.7 Å². The number of hydrogen-bond acceptors (Lipinski definition) is 1. The summed E-state index contributed by atoms with van der Waals surface area (Å²) in [5.41, 5.74) is 11.4. The van der Waals surface area contributed by atoms with Gasteiger partial charge in [-0.15, -0.1) is 0 Å². The Hall–Kier alpha value is -6.39. The van der Waals surface area contributed by atoms with Gasteiger partial charge in [-0.3, -0.25) is 4.98 Å². The van der Waals surface area contributed by atoms with Crippen LogP contribution >= 0.6 is 0 Å². The smallest absolute Gasteiger partial charge is 0.0702 e. The standard InChI is InChI=1S/C43H28N4/c1-3-13-31(14-4-1)45-23-21-30-25-35-37-26-36-34-18-7-8-20-39(34)47(33-17-11-12-29(24-33)38-19-9-10-22-44-38)42(36)28-43(37)46(41(35)27-40(30)45)32-15-5-2-6-16-32/h1-28H. The van der Waals surface area contributed by atoms with Gasteiger partial charge in [-0.2, -0.15) is 0 Å². The van der Waals surface area contributed by atoms with Gasteiger partial charge in [-0.05, 0) is 84.9 Å². The molecule has 4 heteroatoms. The second kappa shape index (κ2) is 10.1. The van der Waals surface area contributed by atoms with Gasteiger partial charge in [0.15, 0.2) is 0 Å². The molecule has 0 spiro atoms. The molecule has 0 N–H and O–H groups in total. The van der Waals surface area contributed by atoms with Crippen LogP contribution in [0.5, 0.6) is 0 Å². The molecule has 10 aromatic rings. The van der Waals surface area contributed by atoms with Gasteiger partial charge in [0.25, 0.3) is 0 Å². The van der Waals surface area contributed by atoms with Crippen LogP contribution in [0, 0.1) is 0 Å². The van der Waals surface area contributed by atoms with E-state index in [0.29, 0.717) is 0 Å². The number of fused-ring (bicyclic) bond motifs is 7. The van der Waals surface area contributed by atoms with E-state index in [9.17, 15) is 0 Å². The van der Waals surface area contributed by atoms with Crippen LogP contribution in [0.3, 0.4) is 0 Å². The minimum Gasteiger partial charge on any atom is -0.316 e. The van der Waals surface area contributed by atoms with Gasteiger partial charge in [-0.25, -0.2) is 0 Å². The van der Waals surface area contributed by atoms with E-state index in [1.54, 1.807) is 0 Å². The SMILES string of the molecule is c1ccc(-n2ccc3cc4c5cc6c7ccccc7n(-c7cccc(-c8ccccn8)c7)c6cc5n(-c5ccccc5)c4cc32)cc1. The molecule has 4 heterocycles. The highest BCUT2D eigenvalue weighted by molar-refractivity contribution is 6.20.